The molecular formula is C21H15N3O5. The van der Waals surface area contributed by atoms with Gasteiger partial charge in [0, 0.05) is 5.56 Å². The summed E-state index contributed by atoms with van der Waals surface area (Å²) in [5, 5.41) is 6.83. The van der Waals surface area contributed by atoms with E-state index in [1.807, 2.05) is 12.1 Å². The lowest BCUT2D eigenvalue weighted by atomic mass is 10.1. The van der Waals surface area contributed by atoms with Gasteiger partial charge < -0.3 is 23.7 Å². The maximum absolute atomic E-state index is 12.8. The average Bonchev–Trinajstić information content (AvgIpc) is 3.46. The normalized spacial score (nSPS) is 12.6. The molecule has 8 heteroatoms. The molecule has 5 rings (SSSR count). The van der Waals surface area contributed by atoms with E-state index in [4.69, 9.17) is 18.4 Å². The molecule has 0 radical (unpaired) electrons. The molecule has 1 amide bonds. The van der Waals surface area contributed by atoms with Crippen LogP contribution in [0.1, 0.15) is 10.4 Å². The molecule has 0 atom stereocenters. The number of nitrogens with one attached hydrogen (secondary N) is 1. The lowest BCUT2D eigenvalue weighted by Gasteiger charge is -2.18. The third-order valence-electron chi connectivity index (χ3n) is 4.38. The summed E-state index contributed by atoms with van der Waals surface area (Å²) in [5.74, 6) is 1.99. The van der Waals surface area contributed by atoms with Gasteiger partial charge in [-0.25, -0.2) is 0 Å². The molecule has 2 aromatic carbocycles. The molecule has 0 spiro atoms. The number of carbonyl (C=O) groups excluding carboxylic acids is 1. The Morgan fingerprint density at radius 3 is 2.69 bits per heavy atom. The molecule has 144 valence electrons. The third-order valence-corrected chi connectivity index (χ3v) is 4.38. The van der Waals surface area contributed by atoms with Crippen LogP contribution in [0.2, 0.25) is 0 Å². The fourth-order valence-electron chi connectivity index (χ4n) is 3.00. The predicted molar refractivity (Wildman–Crippen MR) is 103 cm³/mol. The second kappa shape index (κ2) is 7.16. The fraction of sp³-hybridized carbons (Fsp3) is 0.0952. The van der Waals surface area contributed by atoms with Crippen molar-refractivity contribution in [2.45, 2.75) is 0 Å². The number of hydrogen-bond donors (Lipinski definition) is 1. The summed E-state index contributed by atoms with van der Waals surface area (Å²) in [6.45, 7) is 0.951. The molecule has 0 unspecified atom stereocenters. The van der Waals surface area contributed by atoms with Crippen LogP contribution in [0, 0.1) is 0 Å². The quantitative estimate of drug-likeness (QED) is 0.563. The fourth-order valence-corrected chi connectivity index (χ4v) is 3.00. The van der Waals surface area contributed by atoms with Gasteiger partial charge in [-0.1, -0.05) is 17.3 Å². The lowest BCUT2D eigenvalue weighted by molar-refractivity contribution is 0.102. The second-order valence-electron chi connectivity index (χ2n) is 6.26. The summed E-state index contributed by atoms with van der Waals surface area (Å²) in [6, 6.07) is 15.8. The Kier molecular flexibility index (Phi) is 4.21. The van der Waals surface area contributed by atoms with Gasteiger partial charge in [0.05, 0.1) is 17.5 Å². The van der Waals surface area contributed by atoms with E-state index < -0.39 is 0 Å². The minimum atomic E-state index is -0.291. The average molecular weight is 389 g/mol. The Morgan fingerprint density at radius 1 is 0.966 bits per heavy atom. The van der Waals surface area contributed by atoms with Gasteiger partial charge in [-0.2, -0.15) is 4.98 Å². The maximum Gasteiger partial charge on any atom is 0.260 e. The number of fused-ring (bicyclic) bond motifs is 1. The molecule has 0 saturated carbocycles. The summed E-state index contributed by atoms with van der Waals surface area (Å²) in [5.41, 5.74) is 1.59. The van der Waals surface area contributed by atoms with Gasteiger partial charge in [0.25, 0.3) is 11.8 Å². The van der Waals surface area contributed by atoms with E-state index in [1.54, 1.807) is 42.5 Å². The molecule has 0 bridgehead atoms. The van der Waals surface area contributed by atoms with Gasteiger partial charge in [0.15, 0.2) is 17.3 Å². The van der Waals surface area contributed by atoms with Gasteiger partial charge in [0.1, 0.15) is 13.2 Å². The van der Waals surface area contributed by atoms with E-state index in [0.717, 1.165) is 0 Å². The van der Waals surface area contributed by atoms with E-state index in [9.17, 15) is 4.79 Å². The Labute approximate surface area is 165 Å². The number of nitrogens with zero attached hydrogens (tertiary/aromatic N) is 2. The number of amides is 1. The van der Waals surface area contributed by atoms with Crippen molar-refractivity contribution in [1.29, 1.82) is 0 Å². The van der Waals surface area contributed by atoms with Gasteiger partial charge in [-0.05, 0) is 42.5 Å². The monoisotopic (exact) mass is 389 g/mol. The standard InChI is InChI=1S/C21H15N3O5/c25-20(13-7-8-16-18(12-13)28-11-10-27-16)22-15-5-2-1-4-14(15)21-23-19(24-29-21)17-6-3-9-26-17/h1-9,12H,10-11H2,(H,22,25). The Hall–Kier alpha value is -4.07. The first-order valence-electron chi connectivity index (χ1n) is 8.96. The van der Waals surface area contributed by atoms with Crippen LogP contribution in [0.4, 0.5) is 5.69 Å². The zero-order valence-corrected chi connectivity index (χ0v) is 15.1. The molecule has 0 fully saturated rings. The number of anilines is 1. The summed E-state index contributed by atoms with van der Waals surface area (Å²) < 4.78 is 21.7. The highest BCUT2D eigenvalue weighted by molar-refractivity contribution is 6.06. The van der Waals surface area contributed by atoms with Crippen LogP contribution in [-0.4, -0.2) is 29.3 Å². The third kappa shape index (κ3) is 3.31. The van der Waals surface area contributed by atoms with Crippen LogP contribution in [-0.2, 0) is 0 Å². The number of benzene rings is 2. The molecule has 3 heterocycles. The zero-order valence-electron chi connectivity index (χ0n) is 15.1. The Morgan fingerprint density at radius 2 is 1.83 bits per heavy atom. The molecule has 29 heavy (non-hydrogen) atoms. The first kappa shape index (κ1) is 17.1. The van der Waals surface area contributed by atoms with E-state index in [-0.39, 0.29) is 11.8 Å². The van der Waals surface area contributed by atoms with Gasteiger partial charge in [-0.15, -0.1) is 0 Å². The van der Waals surface area contributed by atoms with Crippen molar-refractivity contribution in [3.8, 4) is 34.5 Å². The number of rotatable bonds is 4. The first-order valence-corrected chi connectivity index (χ1v) is 8.96. The molecule has 1 N–H and O–H groups in total. The van der Waals surface area contributed by atoms with Gasteiger partial charge in [0.2, 0.25) is 5.82 Å². The minimum absolute atomic E-state index is 0.273. The molecule has 0 aliphatic carbocycles. The summed E-state index contributed by atoms with van der Waals surface area (Å²) in [6.07, 6.45) is 1.53. The van der Waals surface area contributed by atoms with Gasteiger partial charge >= 0.3 is 0 Å². The molecule has 0 saturated heterocycles. The number of para-hydroxylation sites is 1. The topological polar surface area (TPSA) is 99.6 Å². The maximum atomic E-state index is 12.8. The van der Waals surface area contributed by atoms with Crippen LogP contribution in [0.15, 0.2) is 69.8 Å². The smallest absolute Gasteiger partial charge is 0.260 e. The number of carbonyl (C=O) groups is 1. The van der Waals surface area contributed by atoms with E-state index in [1.165, 1.54) is 6.26 Å². The summed E-state index contributed by atoms with van der Waals surface area (Å²) in [7, 11) is 0. The van der Waals surface area contributed by atoms with Crippen LogP contribution in [0.3, 0.4) is 0 Å². The number of hydrogen-bond acceptors (Lipinski definition) is 7. The van der Waals surface area contributed by atoms with Crippen molar-refractivity contribution < 1.29 is 23.2 Å². The van der Waals surface area contributed by atoms with E-state index >= 15 is 0 Å². The van der Waals surface area contributed by atoms with Crippen molar-refractivity contribution >= 4 is 11.6 Å². The minimum Gasteiger partial charge on any atom is -0.486 e. The first-order chi connectivity index (χ1) is 14.3. The summed E-state index contributed by atoms with van der Waals surface area (Å²) in [4.78, 5) is 17.1. The van der Waals surface area contributed by atoms with Crippen LogP contribution >= 0.6 is 0 Å². The number of aromatic nitrogens is 2. The molecule has 1 aliphatic heterocycles. The van der Waals surface area contributed by atoms with Crippen LogP contribution < -0.4 is 14.8 Å². The van der Waals surface area contributed by atoms with Crippen molar-refractivity contribution in [2.24, 2.45) is 0 Å². The summed E-state index contributed by atoms with van der Waals surface area (Å²) >= 11 is 0. The molecule has 4 aromatic rings. The lowest BCUT2D eigenvalue weighted by Crippen LogP contribution is -2.17. The van der Waals surface area contributed by atoms with Crippen molar-refractivity contribution in [3.63, 3.8) is 0 Å². The van der Waals surface area contributed by atoms with Crippen molar-refractivity contribution in [2.75, 3.05) is 18.5 Å². The zero-order chi connectivity index (χ0) is 19.6. The van der Waals surface area contributed by atoms with Crippen LogP contribution in [0.25, 0.3) is 23.0 Å². The highest BCUT2D eigenvalue weighted by Gasteiger charge is 2.19. The van der Waals surface area contributed by atoms with Crippen LogP contribution in [0.5, 0.6) is 11.5 Å². The molecular weight excluding hydrogens is 374 g/mol. The van der Waals surface area contributed by atoms with Gasteiger partial charge in [-0.3, -0.25) is 4.79 Å². The largest absolute Gasteiger partial charge is 0.486 e. The predicted octanol–water partition coefficient (Wildman–Crippen LogP) is 4.02. The molecule has 8 nitrogen and oxygen atoms in total. The van der Waals surface area contributed by atoms with Crippen molar-refractivity contribution in [3.05, 3.63) is 66.4 Å². The molecule has 1 aliphatic rings. The Balaban J connectivity index is 1.42. The van der Waals surface area contributed by atoms with E-state index in [2.05, 4.69) is 15.5 Å². The van der Waals surface area contributed by atoms with Crippen molar-refractivity contribution in [1.82, 2.24) is 10.1 Å². The highest BCUT2D eigenvalue weighted by atomic mass is 16.6. The highest BCUT2D eigenvalue weighted by Crippen LogP contribution is 2.32. The number of furan rings is 1. The SMILES string of the molecule is O=C(Nc1ccccc1-c1nc(-c2ccco2)no1)c1ccc2c(c1)OCCO2. The molecule has 2 aromatic heterocycles. The number of ether oxygens (including phenoxy) is 2. The van der Waals surface area contributed by atoms with E-state index in [0.29, 0.717) is 53.1 Å². The second-order valence-corrected chi connectivity index (χ2v) is 6.26. The Bertz CT molecular complexity index is 1170.